The molecule has 0 unspecified atom stereocenters. The van der Waals surface area contributed by atoms with Crippen LogP contribution in [0.3, 0.4) is 0 Å². The molecular formula is C16H14BrNOS. The van der Waals surface area contributed by atoms with Crippen LogP contribution in [-0.2, 0) is 5.75 Å². The molecule has 1 heterocycles. The molecule has 0 amide bonds. The maximum atomic E-state index is 8.67. The van der Waals surface area contributed by atoms with Crippen molar-refractivity contribution >= 4 is 27.7 Å². The molecule has 0 bridgehead atoms. The Hall–Kier alpha value is -1.28. The van der Waals surface area contributed by atoms with Crippen LogP contribution >= 0.6 is 27.7 Å². The van der Waals surface area contributed by atoms with E-state index < -0.39 is 0 Å². The molecule has 102 valence electrons. The first-order chi connectivity index (χ1) is 9.79. The minimum Gasteiger partial charge on any atom is -0.395 e. The first kappa shape index (κ1) is 15.1. The molecule has 0 radical (unpaired) electrons. The predicted molar refractivity (Wildman–Crippen MR) is 86.5 cm³/mol. The van der Waals surface area contributed by atoms with E-state index in [4.69, 9.17) is 5.11 Å². The Morgan fingerprint density at radius 2 is 2.00 bits per heavy atom. The predicted octanol–water partition coefficient (Wildman–Crippen LogP) is 3.87. The van der Waals surface area contributed by atoms with Crippen LogP contribution in [0.15, 0.2) is 52.1 Å². The number of thioether (sulfide) groups is 1. The highest BCUT2D eigenvalue weighted by Crippen LogP contribution is 2.27. The van der Waals surface area contributed by atoms with Gasteiger partial charge < -0.3 is 5.11 Å². The maximum Gasteiger partial charge on any atom is 0.110 e. The average molecular weight is 348 g/mol. The van der Waals surface area contributed by atoms with Gasteiger partial charge >= 0.3 is 0 Å². The fraction of sp³-hybridized carbons (Fsp3) is 0.188. The van der Waals surface area contributed by atoms with E-state index in [9.17, 15) is 0 Å². The summed E-state index contributed by atoms with van der Waals surface area (Å²) in [6.45, 7) is 0.112. The zero-order chi connectivity index (χ0) is 14.2. The highest BCUT2D eigenvalue weighted by Gasteiger charge is 2.01. The molecule has 2 nitrogen and oxygen atoms in total. The fourth-order valence-corrected chi connectivity index (χ4v) is 2.97. The van der Waals surface area contributed by atoms with Crippen molar-refractivity contribution in [2.24, 2.45) is 0 Å². The number of pyridine rings is 1. The minimum atomic E-state index is 0.112. The molecule has 0 fully saturated rings. The monoisotopic (exact) mass is 347 g/mol. The quantitative estimate of drug-likeness (QED) is 0.673. The van der Waals surface area contributed by atoms with Gasteiger partial charge in [-0.1, -0.05) is 24.0 Å². The van der Waals surface area contributed by atoms with E-state index >= 15 is 0 Å². The van der Waals surface area contributed by atoms with Crippen LogP contribution in [0, 0.1) is 11.8 Å². The molecule has 0 aliphatic rings. The topological polar surface area (TPSA) is 33.1 Å². The lowest BCUT2D eigenvalue weighted by Crippen LogP contribution is -1.85. The van der Waals surface area contributed by atoms with Crippen molar-refractivity contribution in [1.82, 2.24) is 4.98 Å². The molecule has 0 saturated heterocycles. The SMILES string of the molecule is OCCC#Cc1ccc(CSc2ncccc2Br)cc1. The Morgan fingerprint density at radius 3 is 2.70 bits per heavy atom. The van der Waals surface area contributed by atoms with E-state index in [1.165, 1.54) is 5.56 Å². The summed E-state index contributed by atoms with van der Waals surface area (Å²) in [6.07, 6.45) is 2.32. The lowest BCUT2D eigenvalue weighted by molar-refractivity contribution is 0.305. The largest absolute Gasteiger partial charge is 0.395 e. The molecule has 1 N–H and O–H groups in total. The third-order valence-corrected chi connectivity index (χ3v) is 4.50. The molecule has 2 rings (SSSR count). The molecule has 4 heteroatoms. The number of nitrogens with zero attached hydrogens (tertiary/aromatic N) is 1. The van der Waals surface area contributed by atoms with Crippen LogP contribution in [0.25, 0.3) is 0 Å². The van der Waals surface area contributed by atoms with Crippen LogP contribution in [0.4, 0.5) is 0 Å². The number of aliphatic hydroxyl groups excluding tert-OH is 1. The van der Waals surface area contributed by atoms with Gasteiger partial charge in [-0.2, -0.15) is 0 Å². The Bertz CT molecular complexity index is 616. The second kappa shape index (κ2) is 8.11. The lowest BCUT2D eigenvalue weighted by atomic mass is 10.1. The zero-order valence-electron chi connectivity index (χ0n) is 10.8. The van der Waals surface area contributed by atoms with Gasteiger partial charge in [0.25, 0.3) is 0 Å². The molecule has 20 heavy (non-hydrogen) atoms. The Morgan fingerprint density at radius 1 is 1.20 bits per heavy atom. The molecule has 0 saturated carbocycles. The number of aliphatic hydroxyl groups is 1. The lowest BCUT2D eigenvalue weighted by Gasteiger charge is -2.03. The van der Waals surface area contributed by atoms with Crippen LogP contribution in [0.5, 0.6) is 0 Å². The molecule has 1 aromatic heterocycles. The van der Waals surface area contributed by atoms with Gasteiger partial charge in [0.05, 0.1) is 6.61 Å². The summed E-state index contributed by atoms with van der Waals surface area (Å²) in [5.41, 5.74) is 2.21. The molecule has 0 aliphatic carbocycles. The first-order valence-corrected chi connectivity index (χ1v) is 7.99. The van der Waals surface area contributed by atoms with E-state index in [0.29, 0.717) is 6.42 Å². The van der Waals surface area contributed by atoms with Gasteiger partial charge in [-0.3, -0.25) is 0 Å². The number of rotatable bonds is 4. The molecule has 1 aromatic carbocycles. The average Bonchev–Trinajstić information content (AvgIpc) is 2.48. The van der Waals surface area contributed by atoms with Crippen molar-refractivity contribution in [1.29, 1.82) is 0 Å². The second-order valence-corrected chi connectivity index (χ2v) is 5.87. The number of benzene rings is 1. The summed E-state index contributed by atoms with van der Waals surface area (Å²) >= 11 is 5.20. The van der Waals surface area contributed by atoms with Gasteiger partial charge in [-0.15, -0.1) is 11.8 Å². The van der Waals surface area contributed by atoms with Crippen molar-refractivity contribution in [2.45, 2.75) is 17.2 Å². The smallest absolute Gasteiger partial charge is 0.110 e. The summed E-state index contributed by atoms with van der Waals surface area (Å²) in [5, 5.41) is 9.67. The molecule has 2 aromatic rings. The minimum absolute atomic E-state index is 0.112. The van der Waals surface area contributed by atoms with E-state index in [0.717, 1.165) is 20.8 Å². The Kier molecular flexibility index (Phi) is 6.13. The van der Waals surface area contributed by atoms with Crippen LogP contribution in [0.1, 0.15) is 17.5 Å². The first-order valence-electron chi connectivity index (χ1n) is 6.21. The van der Waals surface area contributed by atoms with Gasteiger partial charge in [0.2, 0.25) is 0 Å². The van der Waals surface area contributed by atoms with Crippen molar-refractivity contribution in [3.63, 3.8) is 0 Å². The number of halogens is 1. The van der Waals surface area contributed by atoms with E-state index in [-0.39, 0.29) is 6.61 Å². The molecule has 0 atom stereocenters. The molecular weight excluding hydrogens is 334 g/mol. The molecule has 0 aliphatic heterocycles. The summed E-state index contributed by atoms with van der Waals surface area (Å²) in [4.78, 5) is 4.33. The Labute approximate surface area is 131 Å². The summed E-state index contributed by atoms with van der Waals surface area (Å²) in [6, 6.07) is 12.1. The van der Waals surface area contributed by atoms with Crippen LogP contribution in [0.2, 0.25) is 0 Å². The standard InChI is InChI=1S/C16H14BrNOS/c17-15-5-3-10-18-16(15)20-12-14-8-6-13(7-9-14)4-1-2-11-19/h3,5-10,19H,2,11-12H2. The Balaban J connectivity index is 1.95. The van der Waals surface area contributed by atoms with E-state index in [1.807, 2.05) is 24.3 Å². The van der Waals surface area contributed by atoms with Gasteiger partial charge in [0, 0.05) is 28.4 Å². The summed E-state index contributed by atoms with van der Waals surface area (Å²) in [5.74, 6) is 6.81. The maximum absolute atomic E-state index is 8.67. The van der Waals surface area contributed by atoms with Crippen molar-refractivity contribution in [2.75, 3.05) is 6.61 Å². The number of aromatic nitrogens is 1. The van der Waals surface area contributed by atoms with E-state index in [1.54, 1.807) is 18.0 Å². The van der Waals surface area contributed by atoms with Gasteiger partial charge in [-0.25, -0.2) is 4.98 Å². The fourth-order valence-electron chi connectivity index (χ4n) is 1.53. The third-order valence-electron chi connectivity index (χ3n) is 2.52. The number of hydrogen-bond donors (Lipinski definition) is 1. The molecule has 0 spiro atoms. The second-order valence-electron chi connectivity index (χ2n) is 4.05. The van der Waals surface area contributed by atoms with Crippen LogP contribution in [-0.4, -0.2) is 16.7 Å². The third kappa shape index (κ3) is 4.68. The van der Waals surface area contributed by atoms with Gasteiger partial charge in [0.15, 0.2) is 0 Å². The van der Waals surface area contributed by atoms with Crippen LogP contribution < -0.4 is 0 Å². The zero-order valence-corrected chi connectivity index (χ0v) is 13.2. The normalized spacial score (nSPS) is 9.90. The van der Waals surface area contributed by atoms with Crippen molar-refractivity contribution in [3.05, 3.63) is 58.2 Å². The van der Waals surface area contributed by atoms with Crippen molar-refractivity contribution < 1.29 is 5.11 Å². The highest BCUT2D eigenvalue weighted by molar-refractivity contribution is 9.10. The van der Waals surface area contributed by atoms with Crippen molar-refractivity contribution in [3.8, 4) is 11.8 Å². The highest BCUT2D eigenvalue weighted by atomic mass is 79.9. The van der Waals surface area contributed by atoms with Gasteiger partial charge in [0.1, 0.15) is 5.03 Å². The van der Waals surface area contributed by atoms with E-state index in [2.05, 4.69) is 44.9 Å². The number of hydrogen-bond acceptors (Lipinski definition) is 3. The summed E-state index contributed by atoms with van der Waals surface area (Å²) < 4.78 is 1.02. The summed E-state index contributed by atoms with van der Waals surface area (Å²) in [7, 11) is 0. The van der Waals surface area contributed by atoms with Gasteiger partial charge in [-0.05, 0) is 45.8 Å².